The summed E-state index contributed by atoms with van der Waals surface area (Å²) in [7, 11) is 3.21. The lowest BCUT2D eigenvalue weighted by Crippen LogP contribution is -2.20. The molecule has 6 nitrogen and oxygen atoms in total. The lowest BCUT2D eigenvalue weighted by Gasteiger charge is -2.31. The molecule has 0 radical (unpaired) electrons. The fourth-order valence-electron chi connectivity index (χ4n) is 7.35. The van der Waals surface area contributed by atoms with Gasteiger partial charge in [0.15, 0.2) is 11.5 Å². The Morgan fingerprint density at radius 3 is 2.35 bits per heavy atom. The van der Waals surface area contributed by atoms with Crippen LogP contribution in [0.3, 0.4) is 0 Å². The summed E-state index contributed by atoms with van der Waals surface area (Å²) in [6.07, 6.45) is 10.5. The molecule has 2 aliphatic rings. The van der Waals surface area contributed by atoms with Gasteiger partial charge in [0.2, 0.25) is 0 Å². The molecule has 2 N–H and O–H groups in total. The molecule has 226 valence electrons. The Morgan fingerprint density at radius 1 is 0.783 bits per heavy atom. The quantitative estimate of drug-likeness (QED) is 0.205. The van der Waals surface area contributed by atoms with Crippen molar-refractivity contribution >= 4 is 61.0 Å². The second-order valence-corrected chi connectivity index (χ2v) is 11.9. The number of primary amides is 1. The first kappa shape index (κ1) is 27.9. The maximum atomic E-state index is 13.3. The smallest absolute Gasteiger partial charge is 0.252 e. The summed E-state index contributed by atoms with van der Waals surface area (Å²) in [6.45, 7) is 0. The van der Waals surface area contributed by atoms with Gasteiger partial charge in [-0.05, 0) is 71.4 Å². The van der Waals surface area contributed by atoms with Crippen molar-refractivity contribution in [1.29, 1.82) is 0 Å². The predicted molar refractivity (Wildman–Crippen MR) is 187 cm³/mol. The van der Waals surface area contributed by atoms with Gasteiger partial charge in [-0.2, -0.15) is 0 Å². The highest BCUT2D eigenvalue weighted by atomic mass is 16.5. The van der Waals surface area contributed by atoms with E-state index in [2.05, 4.69) is 82.7 Å². The summed E-state index contributed by atoms with van der Waals surface area (Å²) in [5.41, 5.74) is 15.2. The molecule has 0 saturated heterocycles. The molecule has 1 heterocycles. The van der Waals surface area contributed by atoms with E-state index in [-0.39, 0.29) is 0 Å². The Hall–Kier alpha value is -5.62. The number of hydrogen-bond donors (Lipinski definition) is 1. The van der Waals surface area contributed by atoms with E-state index in [1.54, 1.807) is 26.0 Å². The van der Waals surface area contributed by atoms with Crippen LogP contribution in [0.2, 0.25) is 0 Å². The number of benzene rings is 5. The van der Waals surface area contributed by atoms with Gasteiger partial charge in [-0.3, -0.25) is 9.78 Å². The molecule has 0 atom stereocenters. The standard InChI is InChI=1S/C40H33N3O3/c1-45-37-21-32-34(22-38(37)46-2)42-23-33(40(41)44)39(32)43(35-15-7-11-24-9-4-6-13-27(24)35)36-16-8-14-28-30-18-17-25-10-3-5-12-26(25)29(30)19-20-31(28)36/h4-9,11-16,19-23H,3,10,17-18H2,1-2H3,(H2,41,44). The summed E-state index contributed by atoms with van der Waals surface area (Å²) in [6, 6.07) is 29.3. The van der Waals surface area contributed by atoms with Gasteiger partial charge in [0.1, 0.15) is 0 Å². The molecule has 0 fully saturated rings. The lowest BCUT2D eigenvalue weighted by molar-refractivity contribution is 0.100. The topological polar surface area (TPSA) is 77.7 Å². The number of carbonyl (C=O) groups is 1. The fraction of sp³-hybridized carbons (Fsp3) is 0.150. The summed E-state index contributed by atoms with van der Waals surface area (Å²) in [5.74, 6) is 0.527. The van der Waals surface area contributed by atoms with Crippen molar-refractivity contribution in [2.75, 3.05) is 19.1 Å². The first-order valence-corrected chi connectivity index (χ1v) is 15.6. The SMILES string of the molecule is COc1cc2ncc(C(N)=O)c(N(c3cccc4ccccc34)c3cccc4c5c(ccc34)C3=C(CCC=C3)CC5)c2cc1OC. The number of fused-ring (bicyclic) bond motifs is 6. The lowest BCUT2D eigenvalue weighted by atomic mass is 9.79. The molecule has 1 amide bonds. The molecule has 0 aliphatic heterocycles. The van der Waals surface area contributed by atoms with Gasteiger partial charge >= 0.3 is 0 Å². The van der Waals surface area contributed by atoms with E-state index < -0.39 is 5.91 Å². The largest absolute Gasteiger partial charge is 0.493 e. The molecule has 2 aliphatic carbocycles. The first-order valence-electron chi connectivity index (χ1n) is 15.6. The van der Waals surface area contributed by atoms with Gasteiger partial charge in [0.05, 0.1) is 42.4 Å². The van der Waals surface area contributed by atoms with Crippen molar-refractivity contribution in [2.45, 2.75) is 25.7 Å². The van der Waals surface area contributed by atoms with Gasteiger partial charge < -0.3 is 20.1 Å². The number of rotatable bonds is 6. The Morgan fingerprint density at radius 2 is 1.52 bits per heavy atom. The molecule has 6 heteroatoms. The molecule has 46 heavy (non-hydrogen) atoms. The highest BCUT2D eigenvalue weighted by molar-refractivity contribution is 6.15. The monoisotopic (exact) mass is 603 g/mol. The number of hydrogen-bond acceptors (Lipinski definition) is 5. The summed E-state index contributed by atoms with van der Waals surface area (Å²) in [5, 5.41) is 5.16. The number of methoxy groups -OCH3 is 2. The van der Waals surface area contributed by atoms with Gasteiger partial charge in [-0.1, -0.05) is 78.4 Å². The molecule has 0 bridgehead atoms. The van der Waals surface area contributed by atoms with Crippen molar-refractivity contribution in [2.24, 2.45) is 5.73 Å². The first-order chi connectivity index (χ1) is 22.6. The molecule has 6 aromatic rings. The van der Waals surface area contributed by atoms with E-state index in [0.717, 1.165) is 58.6 Å². The molecule has 1 aromatic heterocycles. The Labute approximate surface area is 267 Å². The van der Waals surface area contributed by atoms with Gasteiger partial charge in [0.25, 0.3) is 5.91 Å². The van der Waals surface area contributed by atoms with Gasteiger partial charge in [0, 0.05) is 28.4 Å². The van der Waals surface area contributed by atoms with Crippen LogP contribution in [0.25, 0.3) is 38.0 Å². The number of nitrogens with zero attached hydrogens (tertiary/aromatic N) is 2. The molecular weight excluding hydrogens is 570 g/mol. The number of aryl methyl sites for hydroxylation is 1. The van der Waals surface area contributed by atoms with Crippen molar-refractivity contribution in [3.05, 3.63) is 126 Å². The number of anilines is 3. The Bertz CT molecular complexity index is 2280. The highest BCUT2D eigenvalue weighted by Crippen LogP contribution is 2.49. The van der Waals surface area contributed by atoms with Gasteiger partial charge in [-0.25, -0.2) is 0 Å². The number of aromatic nitrogens is 1. The number of nitrogens with two attached hydrogens (primary N) is 1. The predicted octanol–water partition coefficient (Wildman–Crippen LogP) is 9.18. The molecule has 0 spiro atoms. The van der Waals surface area contributed by atoms with Crippen LogP contribution in [-0.2, 0) is 6.42 Å². The number of allylic oxidation sites excluding steroid dienone is 4. The van der Waals surface area contributed by atoms with E-state index in [9.17, 15) is 4.79 Å². The zero-order chi connectivity index (χ0) is 31.4. The van der Waals surface area contributed by atoms with Crippen molar-refractivity contribution in [3.8, 4) is 11.5 Å². The maximum Gasteiger partial charge on any atom is 0.252 e. The second-order valence-electron chi connectivity index (χ2n) is 11.9. The molecule has 5 aromatic carbocycles. The Balaban J connectivity index is 1.49. The summed E-state index contributed by atoms with van der Waals surface area (Å²) < 4.78 is 11.4. The van der Waals surface area contributed by atoms with Crippen molar-refractivity contribution < 1.29 is 14.3 Å². The zero-order valence-corrected chi connectivity index (χ0v) is 25.8. The van der Waals surface area contributed by atoms with E-state index in [1.807, 2.05) is 24.3 Å². The van der Waals surface area contributed by atoms with Crippen LogP contribution >= 0.6 is 0 Å². The van der Waals surface area contributed by atoms with Crippen LogP contribution < -0.4 is 20.1 Å². The normalized spacial score (nSPS) is 14.0. The minimum absolute atomic E-state index is 0.310. The molecular formula is C40H33N3O3. The zero-order valence-electron chi connectivity index (χ0n) is 25.8. The van der Waals surface area contributed by atoms with Crippen LogP contribution in [0.4, 0.5) is 17.1 Å². The van der Waals surface area contributed by atoms with E-state index in [1.165, 1.54) is 22.1 Å². The Kier molecular flexibility index (Phi) is 6.71. The average molecular weight is 604 g/mol. The second kappa shape index (κ2) is 11.1. The van der Waals surface area contributed by atoms with Crippen LogP contribution in [0.1, 0.15) is 40.7 Å². The minimum atomic E-state index is -0.564. The van der Waals surface area contributed by atoms with E-state index >= 15 is 0 Å². The average Bonchev–Trinajstić information content (AvgIpc) is 3.10. The summed E-state index contributed by atoms with van der Waals surface area (Å²) in [4.78, 5) is 20.1. The maximum absolute atomic E-state index is 13.3. The summed E-state index contributed by atoms with van der Waals surface area (Å²) >= 11 is 0. The van der Waals surface area contributed by atoms with Crippen molar-refractivity contribution in [1.82, 2.24) is 4.98 Å². The van der Waals surface area contributed by atoms with Crippen LogP contribution in [-0.4, -0.2) is 25.1 Å². The minimum Gasteiger partial charge on any atom is -0.493 e. The highest BCUT2D eigenvalue weighted by Gasteiger charge is 2.28. The number of ether oxygens (including phenoxy) is 2. The fourth-order valence-corrected chi connectivity index (χ4v) is 7.35. The van der Waals surface area contributed by atoms with Crippen LogP contribution in [0.5, 0.6) is 11.5 Å². The van der Waals surface area contributed by atoms with Gasteiger partial charge in [-0.15, -0.1) is 0 Å². The third-order valence-electron chi connectivity index (χ3n) is 9.48. The molecule has 0 unspecified atom stereocenters. The third kappa shape index (κ3) is 4.32. The van der Waals surface area contributed by atoms with E-state index in [0.29, 0.717) is 28.3 Å². The number of pyridine rings is 1. The van der Waals surface area contributed by atoms with Crippen LogP contribution in [0.15, 0.2) is 109 Å². The van der Waals surface area contributed by atoms with E-state index in [4.69, 9.17) is 15.2 Å². The van der Waals surface area contributed by atoms with Crippen LogP contribution in [0, 0.1) is 0 Å². The molecule has 0 saturated carbocycles. The number of carbonyl (C=O) groups excluding carboxylic acids is 1. The third-order valence-corrected chi connectivity index (χ3v) is 9.48. The molecule has 8 rings (SSSR count). The number of amides is 1. The van der Waals surface area contributed by atoms with Crippen molar-refractivity contribution in [3.63, 3.8) is 0 Å².